The van der Waals surface area contributed by atoms with Gasteiger partial charge in [-0.1, -0.05) is 5.16 Å². The minimum absolute atomic E-state index is 0.270. The Morgan fingerprint density at radius 2 is 2.05 bits per heavy atom. The van der Waals surface area contributed by atoms with E-state index in [0.717, 1.165) is 25.1 Å². The Labute approximate surface area is 117 Å². The highest BCUT2D eigenvalue weighted by atomic mass is 32.2. The highest BCUT2D eigenvalue weighted by Crippen LogP contribution is 2.24. The molecule has 7 heteroatoms. The molecular formula is C13H15N3O3S. The van der Waals surface area contributed by atoms with E-state index in [9.17, 15) is 8.42 Å². The van der Waals surface area contributed by atoms with Crippen molar-refractivity contribution in [2.45, 2.75) is 17.2 Å². The molecule has 3 rings (SSSR count). The molecule has 1 aliphatic heterocycles. The Morgan fingerprint density at radius 1 is 1.30 bits per heavy atom. The molecule has 20 heavy (non-hydrogen) atoms. The van der Waals surface area contributed by atoms with Crippen molar-refractivity contribution in [1.82, 2.24) is 15.5 Å². The molecular weight excluding hydrogens is 278 g/mol. The average Bonchev–Trinajstić information content (AvgIpc) is 3.09. The monoisotopic (exact) mass is 293 g/mol. The van der Waals surface area contributed by atoms with Gasteiger partial charge in [0.2, 0.25) is 11.7 Å². The fourth-order valence-corrected chi connectivity index (χ4v) is 2.87. The average molecular weight is 293 g/mol. The second kappa shape index (κ2) is 4.99. The molecule has 1 N–H and O–H groups in total. The molecule has 0 spiro atoms. The molecule has 0 radical (unpaired) electrons. The van der Waals surface area contributed by atoms with Gasteiger partial charge in [-0.25, -0.2) is 8.42 Å². The quantitative estimate of drug-likeness (QED) is 0.915. The van der Waals surface area contributed by atoms with E-state index in [1.54, 1.807) is 24.3 Å². The van der Waals surface area contributed by atoms with E-state index in [0.29, 0.717) is 11.7 Å². The smallest absolute Gasteiger partial charge is 0.231 e. The normalized spacial score (nSPS) is 19.4. The predicted octanol–water partition coefficient (Wildman–Crippen LogP) is 1.22. The molecule has 1 aromatic carbocycles. The molecule has 6 nitrogen and oxygen atoms in total. The van der Waals surface area contributed by atoms with Crippen LogP contribution >= 0.6 is 0 Å². The number of hydrogen-bond acceptors (Lipinski definition) is 6. The van der Waals surface area contributed by atoms with Gasteiger partial charge in [0.15, 0.2) is 9.84 Å². The van der Waals surface area contributed by atoms with E-state index in [1.807, 2.05) is 0 Å². The van der Waals surface area contributed by atoms with Crippen LogP contribution in [0.15, 0.2) is 33.7 Å². The lowest BCUT2D eigenvalue weighted by Gasteiger charge is -1.99. The van der Waals surface area contributed by atoms with Gasteiger partial charge in [-0.15, -0.1) is 0 Å². The van der Waals surface area contributed by atoms with Crippen molar-refractivity contribution in [1.29, 1.82) is 0 Å². The van der Waals surface area contributed by atoms with Crippen molar-refractivity contribution in [3.63, 3.8) is 0 Å². The lowest BCUT2D eigenvalue weighted by molar-refractivity contribution is 0.359. The summed E-state index contributed by atoms with van der Waals surface area (Å²) in [6.07, 6.45) is 2.18. The van der Waals surface area contributed by atoms with Gasteiger partial charge < -0.3 is 9.84 Å². The number of nitrogens with one attached hydrogen (secondary N) is 1. The number of benzene rings is 1. The van der Waals surface area contributed by atoms with Gasteiger partial charge in [-0.3, -0.25) is 0 Å². The molecule has 1 atom stereocenters. The largest absolute Gasteiger partial charge is 0.339 e. The SMILES string of the molecule is CS(=O)(=O)c1ccc(-c2noc([C@@H]3CCNC3)n2)cc1. The first kappa shape index (κ1) is 13.3. The number of hydrogen-bond donors (Lipinski definition) is 1. The zero-order valence-corrected chi connectivity index (χ0v) is 11.9. The number of rotatable bonds is 3. The molecule has 0 aliphatic carbocycles. The van der Waals surface area contributed by atoms with E-state index in [-0.39, 0.29) is 10.8 Å². The van der Waals surface area contributed by atoms with Gasteiger partial charge in [0.1, 0.15) is 0 Å². The second-order valence-corrected chi connectivity index (χ2v) is 6.96. The number of nitrogens with zero attached hydrogens (tertiary/aromatic N) is 2. The number of sulfone groups is 1. The summed E-state index contributed by atoms with van der Waals surface area (Å²) in [5, 5.41) is 7.21. The molecule has 1 fully saturated rings. The molecule has 0 bridgehead atoms. The third kappa shape index (κ3) is 2.59. The maximum atomic E-state index is 11.4. The summed E-state index contributed by atoms with van der Waals surface area (Å²) in [4.78, 5) is 4.67. The van der Waals surface area contributed by atoms with Crippen LogP contribution in [0.1, 0.15) is 18.2 Å². The summed E-state index contributed by atoms with van der Waals surface area (Å²) in [7, 11) is -3.18. The van der Waals surface area contributed by atoms with Crippen LogP contribution < -0.4 is 5.32 Å². The minimum atomic E-state index is -3.18. The van der Waals surface area contributed by atoms with E-state index in [1.165, 1.54) is 6.26 Å². The van der Waals surface area contributed by atoms with E-state index < -0.39 is 9.84 Å². The van der Waals surface area contributed by atoms with Crippen molar-refractivity contribution >= 4 is 9.84 Å². The van der Waals surface area contributed by atoms with Crippen molar-refractivity contribution < 1.29 is 12.9 Å². The summed E-state index contributed by atoms with van der Waals surface area (Å²) in [5.41, 5.74) is 0.748. The first-order valence-electron chi connectivity index (χ1n) is 6.39. The second-order valence-electron chi connectivity index (χ2n) is 4.94. The van der Waals surface area contributed by atoms with Gasteiger partial charge in [0.25, 0.3) is 0 Å². The Bertz CT molecular complexity index is 701. The Hall–Kier alpha value is -1.73. The Balaban J connectivity index is 1.86. The van der Waals surface area contributed by atoms with Crippen molar-refractivity contribution in [2.24, 2.45) is 0 Å². The number of aromatic nitrogens is 2. The van der Waals surface area contributed by atoms with Crippen LogP contribution in [0.2, 0.25) is 0 Å². The maximum absolute atomic E-state index is 11.4. The molecule has 2 heterocycles. The van der Waals surface area contributed by atoms with Gasteiger partial charge in [-0.2, -0.15) is 4.98 Å². The van der Waals surface area contributed by atoms with Gasteiger partial charge in [-0.05, 0) is 37.2 Å². The van der Waals surface area contributed by atoms with Crippen LogP contribution in [-0.4, -0.2) is 37.9 Å². The lowest BCUT2D eigenvalue weighted by atomic mass is 10.1. The summed E-state index contributed by atoms with van der Waals surface area (Å²) < 4.78 is 28.1. The molecule has 0 unspecified atom stereocenters. The summed E-state index contributed by atoms with van der Waals surface area (Å²) in [5.74, 6) is 1.40. The van der Waals surface area contributed by atoms with E-state index in [4.69, 9.17) is 4.52 Å². The van der Waals surface area contributed by atoms with E-state index >= 15 is 0 Å². The fraction of sp³-hybridized carbons (Fsp3) is 0.385. The zero-order chi connectivity index (χ0) is 14.2. The maximum Gasteiger partial charge on any atom is 0.231 e. The molecule has 0 amide bonds. The molecule has 0 saturated carbocycles. The van der Waals surface area contributed by atoms with Crippen molar-refractivity contribution in [3.05, 3.63) is 30.2 Å². The summed E-state index contributed by atoms with van der Waals surface area (Å²) >= 11 is 0. The standard InChI is InChI=1S/C13H15N3O3S/c1-20(17,18)11-4-2-9(3-5-11)12-15-13(19-16-12)10-6-7-14-8-10/h2-5,10,14H,6-8H2,1H3/t10-/m1/s1. The van der Waals surface area contributed by atoms with Crippen LogP contribution in [0.3, 0.4) is 0 Å². The minimum Gasteiger partial charge on any atom is -0.339 e. The van der Waals surface area contributed by atoms with Crippen molar-refractivity contribution in [3.8, 4) is 11.4 Å². The summed E-state index contributed by atoms with van der Waals surface area (Å²) in [6, 6.07) is 6.49. The Kier molecular flexibility index (Phi) is 3.31. The highest BCUT2D eigenvalue weighted by molar-refractivity contribution is 7.90. The van der Waals surface area contributed by atoms with E-state index in [2.05, 4.69) is 15.5 Å². The Morgan fingerprint density at radius 3 is 2.65 bits per heavy atom. The topological polar surface area (TPSA) is 85.1 Å². The molecule has 1 aromatic heterocycles. The predicted molar refractivity (Wildman–Crippen MR) is 73.1 cm³/mol. The van der Waals surface area contributed by atoms with Gasteiger partial charge >= 0.3 is 0 Å². The highest BCUT2D eigenvalue weighted by Gasteiger charge is 2.23. The van der Waals surface area contributed by atoms with Crippen LogP contribution in [0.5, 0.6) is 0 Å². The van der Waals surface area contributed by atoms with Crippen LogP contribution in [0, 0.1) is 0 Å². The fourth-order valence-electron chi connectivity index (χ4n) is 2.23. The third-order valence-corrected chi connectivity index (χ3v) is 4.52. The van der Waals surface area contributed by atoms with Crippen LogP contribution in [0.25, 0.3) is 11.4 Å². The zero-order valence-electron chi connectivity index (χ0n) is 11.0. The van der Waals surface area contributed by atoms with Crippen LogP contribution in [-0.2, 0) is 9.84 Å². The molecule has 1 saturated heterocycles. The first-order chi connectivity index (χ1) is 9.54. The van der Waals surface area contributed by atoms with Crippen molar-refractivity contribution in [2.75, 3.05) is 19.3 Å². The molecule has 2 aromatic rings. The summed E-state index contributed by atoms with van der Waals surface area (Å²) in [6.45, 7) is 1.82. The third-order valence-electron chi connectivity index (χ3n) is 3.39. The van der Waals surface area contributed by atoms with Gasteiger partial charge in [0, 0.05) is 18.4 Å². The lowest BCUT2D eigenvalue weighted by Crippen LogP contribution is -2.08. The molecule has 106 valence electrons. The molecule has 1 aliphatic rings. The van der Waals surface area contributed by atoms with Crippen LogP contribution in [0.4, 0.5) is 0 Å². The van der Waals surface area contributed by atoms with Gasteiger partial charge in [0.05, 0.1) is 10.8 Å². The first-order valence-corrected chi connectivity index (χ1v) is 8.28.